The molecule has 0 aliphatic rings. The Kier molecular flexibility index (Phi) is 13.2. The molecule has 0 spiro atoms. The van der Waals surface area contributed by atoms with E-state index in [1.54, 1.807) is 0 Å². The van der Waals surface area contributed by atoms with Crippen molar-refractivity contribution in [3.05, 3.63) is 199 Å². The molecule has 0 aliphatic heterocycles. The van der Waals surface area contributed by atoms with Gasteiger partial charge in [0, 0.05) is 0 Å². The molecule has 8 aromatic carbocycles. The number of hydrogen-bond donors (Lipinski definition) is 0. The average Bonchev–Trinajstić information content (AvgIpc) is 3.28. The lowest BCUT2D eigenvalue weighted by molar-refractivity contribution is 1.26. The lowest BCUT2D eigenvalue weighted by Gasteiger charge is -2.23. The minimum atomic E-state index is 1.21. The van der Waals surface area contributed by atoms with E-state index in [0.29, 0.717) is 0 Å². The van der Waals surface area contributed by atoms with Crippen LogP contribution in [-0.4, -0.2) is 0 Å². The van der Waals surface area contributed by atoms with E-state index in [1.807, 2.05) is 13.8 Å². The lowest BCUT2D eigenvalue weighted by Crippen LogP contribution is -1.98. The maximum atomic E-state index is 2.48. The van der Waals surface area contributed by atoms with Crippen molar-refractivity contribution < 1.29 is 0 Å². The van der Waals surface area contributed by atoms with Gasteiger partial charge < -0.3 is 0 Å². The van der Waals surface area contributed by atoms with Crippen molar-refractivity contribution in [1.82, 2.24) is 0 Å². The molecular formula is C64H68. The molecule has 0 saturated carbocycles. The average molecular weight is 837 g/mol. The summed E-state index contributed by atoms with van der Waals surface area (Å²) in [4.78, 5) is 0. The van der Waals surface area contributed by atoms with E-state index in [1.165, 1.54) is 156 Å². The normalized spacial score (nSPS) is 11.1. The lowest BCUT2D eigenvalue weighted by atomic mass is 9.81. The predicted octanol–water partition coefficient (Wildman–Crippen LogP) is 18.7. The Morgan fingerprint density at radius 1 is 0.203 bits per heavy atom. The van der Waals surface area contributed by atoms with Gasteiger partial charge in [-0.25, -0.2) is 0 Å². The molecule has 0 radical (unpaired) electrons. The highest BCUT2D eigenvalue weighted by Crippen LogP contribution is 2.47. The summed E-state index contributed by atoms with van der Waals surface area (Å²) < 4.78 is 0. The van der Waals surface area contributed by atoms with Gasteiger partial charge in [-0.15, -0.1) is 0 Å². The van der Waals surface area contributed by atoms with Crippen LogP contribution in [0.3, 0.4) is 0 Å². The van der Waals surface area contributed by atoms with Gasteiger partial charge in [0.2, 0.25) is 0 Å². The van der Waals surface area contributed by atoms with Crippen LogP contribution in [0.5, 0.6) is 0 Å². The second kappa shape index (κ2) is 18.5. The Bertz CT molecular complexity index is 2880. The molecule has 0 aromatic heterocycles. The van der Waals surface area contributed by atoms with Crippen molar-refractivity contribution in [1.29, 1.82) is 0 Å². The van der Waals surface area contributed by atoms with E-state index < -0.39 is 0 Å². The first-order valence-corrected chi connectivity index (χ1v) is 23.3. The van der Waals surface area contributed by atoms with Crippen LogP contribution in [0.4, 0.5) is 0 Å². The molecule has 0 heterocycles. The van der Waals surface area contributed by atoms with E-state index >= 15 is 0 Å². The second-order valence-electron chi connectivity index (χ2n) is 18.5. The first kappa shape index (κ1) is 45.8. The molecule has 0 nitrogen and oxygen atoms in total. The van der Waals surface area contributed by atoms with Crippen molar-refractivity contribution in [2.45, 2.75) is 111 Å². The fourth-order valence-corrected chi connectivity index (χ4v) is 9.66. The largest absolute Gasteiger partial charge is 0.0683 e. The van der Waals surface area contributed by atoms with Crippen LogP contribution in [0, 0.1) is 96.9 Å². The summed E-state index contributed by atoms with van der Waals surface area (Å²) in [5, 5.41) is 0. The number of hydrogen-bond acceptors (Lipinski definition) is 0. The third-order valence-electron chi connectivity index (χ3n) is 14.3. The smallest absolute Gasteiger partial charge is 0.00262 e. The van der Waals surface area contributed by atoms with E-state index in [9.17, 15) is 0 Å². The summed E-state index contributed by atoms with van der Waals surface area (Å²) >= 11 is 0. The third-order valence-corrected chi connectivity index (χ3v) is 14.3. The minimum absolute atomic E-state index is 1.21. The zero-order valence-electron chi connectivity index (χ0n) is 41.5. The quantitative estimate of drug-likeness (QED) is 0.150. The molecule has 324 valence electrons. The number of aryl methyl sites for hydroxylation is 10. The summed E-state index contributed by atoms with van der Waals surface area (Å²) in [7, 11) is 0. The Labute approximate surface area is 386 Å². The van der Waals surface area contributed by atoms with Crippen LogP contribution in [0.25, 0.3) is 77.9 Å². The predicted molar refractivity (Wildman–Crippen MR) is 282 cm³/mol. The molecule has 64 heavy (non-hydrogen) atoms. The van der Waals surface area contributed by atoms with Crippen molar-refractivity contribution in [2.24, 2.45) is 0 Å². The van der Waals surface area contributed by atoms with Crippen molar-refractivity contribution >= 4 is 0 Å². The van der Waals surface area contributed by atoms with E-state index in [4.69, 9.17) is 0 Å². The fourth-order valence-electron chi connectivity index (χ4n) is 9.66. The van der Waals surface area contributed by atoms with Gasteiger partial charge in [0.25, 0.3) is 0 Å². The van der Waals surface area contributed by atoms with Gasteiger partial charge in [-0.05, 0) is 283 Å². The van der Waals surface area contributed by atoms with Crippen LogP contribution in [-0.2, 0) is 0 Å². The van der Waals surface area contributed by atoms with Crippen LogP contribution >= 0.6 is 0 Å². The molecular weight excluding hydrogens is 769 g/mol. The first-order valence-electron chi connectivity index (χ1n) is 23.3. The van der Waals surface area contributed by atoms with Gasteiger partial charge in [0.1, 0.15) is 0 Å². The zero-order chi connectivity index (χ0) is 46.3. The molecule has 8 aromatic rings. The third kappa shape index (κ3) is 8.81. The molecule has 0 fully saturated rings. The van der Waals surface area contributed by atoms with Gasteiger partial charge in [0.05, 0.1) is 0 Å². The van der Waals surface area contributed by atoms with E-state index in [2.05, 4.69) is 218 Å². The summed E-state index contributed by atoms with van der Waals surface area (Å²) in [5.41, 5.74) is 36.1. The highest BCUT2D eigenvalue weighted by Gasteiger charge is 2.21. The van der Waals surface area contributed by atoms with Gasteiger partial charge in [-0.1, -0.05) is 105 Å². The first-order chi connectivity index (χ1) is 30.5. The van der Waals surface area contributed by atoms with Crippen LogP contribution in [0.2, 0.25) is 0 Å². The van der Waals surface area contributed by atoms with E-state index in [-0.39, 0.29) is 0 Å². The molecule has 0 heteroatoms. The Morgan fingerprint density at radius 3 is 0.797 bits per heavy atom. The maximum Gasteiger partial charge on any atom is -0.00262 e. The Balaban J connectivity index is 0.00000302. The highest BCUT2D eigenvalue weighted by molar-refractivity contribution is 5.99. The Hall–Kier alpha value is -6.24. The Morgan fingerprint density at radius 2 is 0.453 bits per heavy atom. The molecule has 0 bridgehead atoms. The summed E-state index contributed by atoms with van der Waals surface area (Å²) in [6.45, 7) is 35.5. The van der Waals surface area contributed by atoms with Crippen molar-refractivity contribution in [3.8, 4) is 77.9 Å². The topological polar surface area (TPSA) is 0 Å². The maximum absolute atomic E-state index is 2.48. The van der Waals surface area contributed by atoms with Crippen LogP contribution < -0.4 is 0 Å². The summed E-state index contributed by atoms with van der Waals surface area (Å²) in [6.07, 6.45) is 0. The molecule has 0 aliphatic carbocycles. The second-order valence-corrected chi connectivity index (χ2v) is 18.5. The van der Waals surface area contributed by atoms with Gasteiger partial charge in [0.15, 0.2) is 0 Å². The monoisotopic (exact) mass is 837 g/mol. The summed E-state index contributed by atoms with van der Waals surface area (Å²) in [6, 6.07) is 47.0. The van der Waals surface area contributed by atoms with Crippen molar-refractivity contribution in [3.63, 3.8) is 0 Å². The highest BCUT2D eigenvalue weighted by atomic mass is 14.3. The molecule has 8 rings (SSSR count). The SMILES string of the molecule is CC.Cc1cc(-c2cc(-c3cc(-c4ccccc4)cc(-c4cc(C)c(-c5cc(C)c(C)c(C)c5)c(C)c4)c3)cc(-c3cc(C)c(C)c(C)c3)c2-c2cc(C)c(C)c(C)c2)cc(C)c1C. The summed E-state index contributed by atoms with van der Waals surface area (Å²) in [5.74, 6) is 0. The molecule has 0 saturated heterocycles. The van der Waals surface area contributed by atoms with E-state index in [0.717, 1.165) is 0 Å². The number of rotatable bonds is 7. The number of benzene rings is 8. The van der Waals surface area contributed by atoms with Gasteiger partial charge in [-0.2, -0.15) is 0 Å². The van der Waals surface area contributed by atoms with Gasteiger partial charge in [-0.3, -0.25) is 0 Å². The van der Waals surface area contributed by atoms with Crippen molar-refractivity contribution in [2.75, 3.05) is 0 Å². The molecule has 0 atom stereocenters. The zero-order valence-corrected chi connectivity index (χ0v) is 41.5. The molecule has 0 amide bonds. The van der Waals surface area contributed by atoms with Crippen LogP contribution in [0.15, 0.2) is 121 Å². The minimum Gasteiger partial charge on any atom is -0.0683 e. The van der Waals surface area contributed by atoms with Crippen LogP contribution in [0.1, 0.15) is 91.7 Å². The standard InChI is InChI=1S/C62H62.C2H6/c1-35-20-55(21-36(2)45(35)11)59-33-54(34-60(56-22-37(3)46(12)38(4)23-56)62(59)58-26-41(7)48(14)42(8)27-58)53-31-51(49-18-16-15-17-19-49)30-52(32-53)50-28-43(9)61(44(10)29-50)57-24-39(5)47(13)40(6)25-57;1-2/h15-34H,1-14H3;1-2H3. The molecule has 0 unspecified atom stereocenters. The fraction of sp³-hybridized carbons (Fsp3) is 0.250. The van der Waals surface area contributed by atoms with Gasteiger partial charge >= 0.3 is 0 Å². The molecule has 0 N–H and O–H groups in total.